The minimum atomic E-state index is 0.321. The van der Waals surface area contributed by atoms with Crippen molar-refractivity contribution in [3.63, 3.8) is 0 Å². The highest BCUT2D eigenvalue weighted by Crippen LogP contribution is 2.41. The summed E-state index contributed by atoms with van der Waals surface area (Å²) in [5, 5.41) is 9.26. The molecule has 80 valence electrons. The summed E-state index contributed by atoms with van der Waals surface area (Å²) in [7, 11) is 0. The van der Waals surface area contributed by atoms with Gasteiger partial charge in [-0.15, -0.1) is 0 Å². The summed E-state index contributed by atoms with van der Waals surface area (Å²) in [6.45, 7) is 0. The Morgan fingerprint density at radius 3 is 2.31 bits per heavy atom. The highest BCUT2D eigenvalue weighted by atomic mass is 16.3. The molecule has 16 heavy (non-hydrogen) atoms. The number of phenols is 1. The fourth-order valence-electron chi connectivity index (χ4n) is 2.04. The van der Waals surface area contributed by atoms with E-state index in [9.17, 15) is 5.11 Å². The van der Waals surface area contributed by atoms with E-state index in [0.29, 0.717) is 5.75 Å². The highest BCUT2D eigenvalue weighted by molar-refractivity contribution is 5.65. The number of aromatic hydroxyl groups is 1. The molecule has 2 aromatic carbocycles. The molecular weight excluding hydrogens is 196 g/mol. The van der Waals surface area contributed by atoms with Crippen molar-refractivity contribution in [3.8, 4) is 16.9 Å². The predicted molar refractivity (Wildman–Crippen MR) is 65.5 cm³/mol. The molecule has 3 rings (SSSR count). The van der Waals surface area contributed by atoms with Crippen LogP contribution in [0.25, 0.3) is 11.1 Å². The Labute approximate surface area is 95.4 Å². The van der Waals surface area contributed by atoms with Crippen molar-refractivity contribution in [2.24, 2.45) is 0 Å². The number of rotatable bonds is 2. The zero-order chi connectivity index (χ0) is 11.0. The fraction of sp³-hybridized carbons (Fsp3) is 0.200. The molecule has 0 bridgehead atoms. The largest absolute Gasteiger partial charge is 0.508 e. The van der Waals surface area contributed by atoms with Gasteiger partial charge in [-0.1, -0.05) is 36.4 Å². The summed E-state index contributed by atoms with van der Waals surface area (Å²) in [5.74, 6) is 1.11. The van der Waals surface area contributed by atoms with Gasteiger partial charge in [0.05, 0.1) is 0 Å². The Morgan fingerprint density at radius 2 is 1.62 bits per heavy atom. The van der Waals surface area contributed by atoms with Crippen LogP contribution in [0.1, 0.15) is 24.3 Å². The molecule has 1 fully saturated rings. The molecule has 1 heteroatoms. The number of hydrogen-bond donors (Lipinski definition) is 1. The molecule has 0 radical (unpaired) electrons. The van der Waals surface area contributed by atoms with E-state index in [1.165, 1.54) is 29.5 Å². The first-order valence-corrected chi connectivity index (χ1v) is 5.72. The normalized spacial score (nSPS) is 15.0. The zero-order valence-corrected chi connectivity index (χ0v) is 9.06. The summed E-state index contributed by atoms with van der Waals surface area (Å²) in [6, 6.07) is 16.1. The average Bonchev–Trinajstić information content (AvgIpc) is 3.14. The molecule has 0 heterocycles. The second-order valence-electron chi connectivity index (χ2n) is 4.45. The monoisotopic (exact) mass is 210 g/mol. The molecule has 1 nitrogen and oxygen atoms in total. The first kappa shape index (κ1) is 9.46. The van der Waals surface area contributed by atoms with Crippen LogP contribution >= 0.6 is 0 Å². The van der Waals surface area contributed by atoms with Gasteiger partial charge < -0.3 is 5.11 Å². The topological polar surface area (TPSA) is 20.2 Å². The van der Waals surface area contributed by atoms with Gasteiger partial charge in [0.1, 0.15) is 5.75 Å². The van der Waals surface area contributed by atoms with Crippen LogP contribution in [-0.2, 0) is 0 Å². The van der Waals surface area contributed by atoms with Crippen LogP contribution in [0.4, 0.5) is 0 Å². The van der Waals surface area contributed by atoms with Crippen LogP contribution < -0.4 is 0 Å². The summed E-state index contributed by atoms with van der Waals surface area (Å²) >= 11 is 0. The van der Waals surface area contributed by atoms with Crippen LogP contribution in [0, 0.1) is 0 Å². The van der Waals surface area contributed by atoms with Crippen LogP contribution in [-0.4, -0.2) is 5.11 Å². The lowest BCUT2D eigenvalue weighted by Gasteiger charge is -2.04. The van der Waals surface area contributed by atoms with Crippen LogP contribution in [0.3, 0.4) is 0 Å². The molecule has 0 unspecified atom stereocenters. The maximum Gasteiger partial charge on any atom is 0.115 e. The van der Waals surface area contributed by atoms with Crippen LogP contribution in [0.15, 0.2) is 48.5 Å². The third-order valence-electron chi connectivity index (χ3n) is 3.14. The minimum Gasteiger partial charge on any atom is -0.508 e. The molecule has 0 atom stereocenters. The lowest BCUT2D eigenvalue weighted by atomic mass is 10.0. The van der Waals surface area contributed by atoms with E-state index >= 15 is 0 Å². The van der Waals surface area contributed by atoms with E-state index in [4.69, 9.17) is 0 Å². The number of benzene rings is 2. The molecule has 0 saturated heterocycles. The van der Waals surface area contributed by atoms with Gasteiger partial charge in [0.25, 0.3) is 0 Å². The molecule has 1 aliphatic carbocycles. The van der Waals surface area contributed by atoms with E-state index < -0.39 is 0 Å². The van der Waals surface area contributed by atoms with Crippen molar-refractivity contribution in [2.75, 3.05) is 0 Å². The Hall–Kier alpha value is -1.76. The zero-order valence-electron chi connectivity index (χ0n) is 9.06. The van der Waals surface area contributed by atoms with Crippen molar-refractivity contribution < 1.29 is 5.11 Å². The van der Waals surface area contributed by atoms with E-state index in [1.54, 1.807) is 12.1 Å². The molecule has 2 aromatic rings. The Bertz CT molecular complexity index is 495. The summed E-state index contributed by atoms with van der Waals surface area (Å²) in [4.78, 5) is 0. The van der Waals surface area contributed by atoms with Gasteiger partial charge in [-0.3, -0.25) is 0 Å². The van der Waals surface area contributed by atoms with E-state index in [-0.39, 0.29) is 0 Å². The van der Waals surface area contributed by atoms with Crippen LogP contribution in [0.2, 0.25) is 0 Å². The summed E-state index contributed by atoms with van der Waals surface area (Å²) in [6.07, 6.45) is 2.66. The average molecular weight is 210 g/mol. The third kappa shape index (κ3) is 1.81. The maximum atomic E-state index is 9.26. The van der Waals surface area contributed by atoms with Gasteiger partial charge in [0.15, 0.2) is 0 Å². The number of hydrogen-bond acceptors (Lipinski definition) is 1. The van der Waals surface area contributed by atoms with Crippen molar-refractivity contribution >= 4 is 0 Å². The molecule has 1 N–H and O–H groups in total. The van der Waals surface area contributed by atoms with Crippen molar-refractivity contribution in [1.29, 1.82) is 0 Å². The molecule has 0 amide bonds. The van der Waals surface area contributed by atoms with Crippen LogP contribution in [0.5, 0.6) is 5.75 Å². The second-order valence-corrected chi connectivity index (χ2v) is 4.45. The SMILES string of the molecule is Oc1ccc(-c2cccc(C3CC3)c2)cc1. The lowest BCUT2D eigenvalue weighted by molar-refractivity contribution is 0.475. The first-order valence-electron chi connectivity index (χ1n) is 5.72. The van der Waals surface area contributed by atoms with E-state index in [1.807, 2.05) is 12.1 Å². The summed E-state index contributed by atoms with van der Waals surface area (Å²) < 4.78 is 0. The van der Waals surface area contributed by atoms with Gasteiger partial charge in [-0.2, -0.15) is 0 Å². The third-order valence-corrected chi connectivity index (χ3v) is 3.14. The van der Waals surface area contributed by atoms with Crippen molar-refractivity contribution in [1.82, 2.24) is 0 Å². The number of phenolic OH excluding ortho intramolecular Hbond substituents is 1. The molecule has 0 aromatic heterocycles. The van der Waals surface area contributed by atoms with Gasteiger partial charge in [0, 0.05) is 0 Å². The maximum absolute atomic E-state index is 9.26. The fourth-order valence-corrected chi connectivity index (χ4v) is 2.04. The first-order chi connectivity index (χ1) is 7.83. The van der Waals surface area contributed by atoms with Gasteiger partial charge >= 0.3 is 0 Å². The molecule has 0 aliphatic heterocycles. The Morgan fingerprint density at radius 1 is 0.875 bits per heavy atom. The molecule has 1 aliphatic rings. The summed E-state index contributed by atoms with van der Waals surface area (Å²) in [5.41, 5.74) is 3.86. The predicted octanol–water partition coefficient (Wildman–Crippen LogP) is 3.94. The second kappa shape index (κ2) is 3.67. The molecule has 1 saturated carbocycles. The minimum absolute atomic E-state index is 0.321. The quantitative estimate of drug-likeness (QED) is 0.796. The van der Waals surface area contributed by atoms with E-state index in [2.05, 4.69) is 24.3 Å². The van der Waals surface area contributed by atoms with Gasteiger partial charge in [0.2, 0.25) is 0 Å². The molecule has 0 spiro atoms. The van der Waals surface area contributed by atoms with Gasteiger partial charge in [-0.05, 0) is 47.6 Å². The molecular formula is C15H14O. The van der Waals surface area contributed by atoms with Crippen molar-refractivity contribution in [3.05, 3.63) is 54.1 Å². The standard InChI is InChI=1S/C15H14O/c16-15-8-6-12(7-9-15)14-3-1-2-13(10-14)11-4-5-11/h1-3,6-11,16H,4-5H2. The van der Waals surface area contributed by atoms with Crippen molar-refractivity contribution in [2.45, 2.75) is 18.8 Å². The van der Waals surface area contributed by atoms with Gasteiger partial charge in [-0.25, -0.2) is 0 Å². The van der Waals surface area contributed by atoms with E-state index in [0.717, 1.165) is 5.92 Å². The Kier molecular flexibility index (Phi) is 2.17. The smallest absolute Gasteiger partial charge is 0.115 e. The Balaban J connectivity index is 1.98. The lowest BCUT2D eigenvalue weighted by Crippen LogP contribution is -1.82. The highest BCUT2D eigenvalue weighted by Gasteiger charge is 2.23.